The Morgan fingerprint density at radius 1 is 1.19 bits per heavy atom. The second kappa shape index (κ2) is 6.43. The molecule has 2 bridgehead atoms. The van der Waals surface area contributed by atoms with Gasteiger partial charge in [0, 0.05) is 37.8 Å². The van der Waals surface area contributed by atoms with Gasteiger partial charge in [-0.3, -0.25) is 9.69 Å². The molecule has 1 amide bonds. The predicted molar refractivity (Wildman–Crippen MR) is 98.7 cm³/mol. The van der Waals surface area contributed by atoms with Gasteiger partial charge in [0.15, 0.2) is 6.61 Å². The Balaban J connectivity index is 1.60. The molecule has 2 unspecified atom stereocenters. The molecule has 2 fully saturated rings. The molecule has 6 nitrogen and oxygen atoms in total. The smallest absolute Gasteiger partial charge is 0.339 e. The van der Waals surface area contributed by atoms with E-state index in [1.807, 2.05) is 30.9 Å². The van der Waals surface area contributed by atoms with E-state index in [9.17, 15) is 9.59 Å². The van der Waals surface area contributed by atoms with Gasteiger partial charge < -0.3 is 14.1 Å². The fourth-order valence-electron chi connectivity index (χ4n) is 4.05. The van der Waals surface area contributed by atoms with Gasteiger partial charge in [0.2, 0.25) is 0 Å². The fourth-order valence-corrected chi connectivity index (χ4v) is 4.05. The van der Waals surface area contributed by atoms with Crippen molar-refractivity contribution in [2.75, 3.05) is 32.8 Å². The lowest BCUT2D eigenvalue weighted by molar-refractivity contribution is -0.136. The standard InChI is InChI=1S/C20H24N2O4/c1-12-8-16(19-13(2)14(3)20(24)26-17(19)9-12)25-11-18(23)22-7-6-21-5-4-15(22)10-21/h8-9,15H,4-7,10-11H2,1-3H3. The van der Waals surface area contributed by atoms with Crippen LogP contribution in [-0.4, -0.2) is 54.5 Å². The highest BCUT2D eigenvalue weighted by Crippen LogP contribution is 2.31. The summed E-state index contributed by atoms with van der Waals surface area (Å²) in [4.78, 5) is 29.0. The summed E-state index contributed by atoms with van der Waals surface area (Å²) in [7, 11) is 0. The number of aryl methyl sites for hydroxylation is 2. The molecule has 2 aliphatic heterocycles. The van der Waals surface area contributed by atoms with Gasteiger partial charge in [0.1, 0.15) is 11.3 Å². The van der Waals surface area contributed by atoms with Crippen molar-refractivity contribution in [2.24, 2.45) is 0 Å². The molecule has 2 saturated heterocycles. The zero-order chi connectivity index (χ0) is 18.4. The van der Waals surface area contributed by atoms with E-state index in [1.54, 1.807) is 6.92 Å². The molecular weight excluding hydrogens is 332 g/mol. The van der Waals surface area contributed by atoms with Gasteiger partial charge in [-0.2, -0.15) is 0 Å². The van der Waals surface area contributed by atoms with Gasteiger partial charge in [0.25, 0.3) is 5.91 Å². The average molecular weight is 356 g/mol. The number of amides is 1. The van der Waals surface area contributed by atoms with E-state index >= 15 is 0 Å². The third-order valence-corrected chi connectivity index (χ3v) is 5.67. The SMILES string of the molecule is Cc1cc(OCC(=O)N2CCN3CCC2C3)c2c(C)c(C)c(=O)oc2c1. The minimum atomic E-state index is -0.332. The Kier molecular flexibility index (Phi) is 4.23. The summed E-state index contributed by atoms with van der Waals surface area (Å²) in [5, 5.41) is 0.770. The largest absolute Gasteiger partial charge is 0.483 e. The molecule has 6 heteroatoms. The molecule has 138 valence electrons. The van der Waals surface area contributed by atoms with Crippen molar-refractivity contribution >= 4 is 16.9 Å². The zero-order valence-electron chi connectivity index (χ0n) is 15.5. The lowest BCUT2D eigenvalue weighted by Gasteiger charge is -2.34. The zero-order valence-corrected chi connectivity index (χ0v) is 15.5. The van der Waals surface area contributed by atoms with E-state index in [1.165, 1.54) is 0 Å². The fraction of sp³-hybridized carbons (Fsp3) is 0.500. The topological polar surface area (TPSA) is 63.0 Å². The summed E-state index contributed by atoms with van der Waals surface area (Å²) in [6.07, 6.45) is 1.04. The van der Waals surface area contributed by atoms with Crippen LogP contribution in [0.1, 0.15) is 23.1 Å². The minimum Gasteiger partial charge on any atom is -0.483 e. The molecule has 2 aromatic rings. The molecule has 0 radical (unpaired) electrons. The number of nitrogens with zero attached hydrogens (tertiary/aromatic N) is 2. The number of carbonyl (C=O) groups is 1. The summed E-state index contributed by atoms with van der Waals surface area (Å²) in [5.41, 5.74) is 2.50. The number of ether oxygens (including phenoxy) is 1. The Hall–Kier alpha value is -2.34. The number of fused-ring (bicyclic) bond motifs is 3. The Morgan fingerprint density at radius 2 is 2.00 bits per heavy atom. The van der Waals surface area contributed by atoms with Gasteiger partial charge in [-0.15, -0.1) is 0 Å². The van der Waals surface area contributed by atoms with E-state index in [0.717, 1.165) is 49.1 Å². The van der Waals surface area contributed by atoms with Crippen LogP contribution >= 0.6 is 0 Å². The van der Waals surface area contributed by atoms with Gasteiger partial charge in [-0.1, -0.05) is 0 Å². The molecule has 26 heavy (non-hydrogen) atoms. The number of piperazine rings is 1. The van der Waals surface area contributed by atoms with E-state index in [0.29, 0.717) is 22.9 Å². The van der Waals surface area contributed by atoms with Crippen molar-refractivity contribution < 1.29 is 13.9 Å². The van der Waals surface area contributed by atoms with Crippen molar-refractivity contribution in [1.29, 1.82) is 0 Å². The van der Waals surface area contributed by atoms with Gasteiger partial charge in [0.05, 0.1) is 5.39 Å². The lowest BCUT2D eigenvalue weighted by Crippen LogP contribution is -2.50. The molecule has 0 aliphatic carbocycles. The number of rotatable bonds is 3. The molecule has 0 saturated carbocycles. The summed E-state index contributed by atoms with van der Waals surface area (Å²) >= 11 is 0. The number of carbonyl (C=O) groups excluding carboxylic acids is 1. The van der Waals surface area contributed by atoms with Crippen molar-refractivity contribution in [3.8, 4) is 5.75 Å². The molecule has 2 atom stereocenters. The van der Waals surface area contributed by atoms with Gasteiger partial charge >= 0.3 is 5.63 Å². The minimum absolute atomic E-state index is 0.00661. The number of hydrogen-bond acceptors (Lipinski definition) is 5. The summed E-state index contributed by atoms with van der Waals surface area (Å²) < 4.78 is 11.4. The van der Waals surface area contributed by atoms with E-state index < -0.39 is 0 Å². The van der Waals surface area contributed by atoms with Crippen molar-refractivity contribution in [2.45, 2.75) is 33.2 Å². The van der Waals surface area contributed by atoms with Crippen LogP contribution in [0.4, 0.5) is 0 Å². The number of benzene rings is 1. The quantitative estimate of drug-likeness (QED) is 0.788. The van der Waals surface area contributed by atoms with E-state index in [-0.39, 0.29) is 18.1 Å². The molecule has 4 rings (SSSR count). The Labute approximate surface area is 152 Å². The lowest BCUT2D eigenvalue weighted by atomic mass is 10.0. The first kappa shape index (κ1) is 17.1. The normalized spacial score (nSPS) is 22.0. The van der Waals surface area contributed by atoms with E-state index in [2.05, 4.69) is 4.90 Å². The first-order valence-corrected chi connectivity index (χ1v) is 9.13. The highest BCUT2D eigenvalue weighted by Gasteiger charge is 2.35. The van der Waals surface area contributed by atoms with Gasteiger partial charge in [-0.25, -0.2) is 4.79 Å². The van der Waals surface area contributed by atoms with Crippen molar-refractivity contribution in [3.05, 3.63) is 39.2 Å². The first-order chi connectivity index (χ1) is 12.4. The summed E-state index contributed by atoms with van der Waals surface area (Å²) in [5.74, 6) is 0.626. The third kappa shape index (κ3) is 2.88. The van der Waals surface area contributed by atoms with E-state index in [4.69, 9.17) is 9.15 Å². The number of hydrogen-bond donors (Lipinski definition) is 0. The summed E-state index contributed by atoms with van der Waals surface area (Å²) in [6.45, 7) is 9.32. The third-order valence-electron chi connectivity index (χ3n) is 5.67. The highest BCUT2D eigenvalue weighted by atomic mass is 16.5. The Morgan fingerprint density at radius 3 is 2.81 bits per heavy atom. The molecule has 2 aliphatic rings. The van der Waals surface area contributed by atoms with Crippen LogP contribution in [0.2, 0.25) is 0 Å². The molecule has 1 aromatic carbocycles. The van der Waals surface area contributed by atoms with Crippen LogP contribution in [0, 0.1) is 20.8 Å². The second-order valence-electron chi connectivity index (χ2n) is 7.39. The molecule has 0 spiro atoms. The Bertz CT molecular complexity index is 934. The average Bonchev–Trinajstić information content (AvgIpc) is 2.98. The maximum atomic E-state index is 12.7. The van der Waals surface area contributed by atoms with Crippen molar-refractivity contribution in [1.82, 2.24) is 9.80 Å². The molecule has 3 heterocycles. The first-order valence-electron chi connectivity index (χ1n) is 9.13. The van der Waals surface area contributed by atoms with Crippen LogP contribution in [0.5, 0.6) is 5.75 Å². The maximum absolute atomic E-state index is 12.7. The highest BCUT2D eigenvalue weighted by molar-refractivity contribution is 5.88. The van der Waals surface area contributed by atoms with Crippen LogP contribution in [0.15, 0.2) is 21.3 Å². The van der Waals surface area contributed by atoms with Crippen LogP contribution < -0.4 is 10.4 Å². The molecular formula is C20H24N2O4. The van der Waals surface area contributed by atoms with Crippen LogP contribution in [0.25, 0.3) is 11.0 Å². The summed E-state index contributed by atoms with van der Waals surface area (Å²) in [6, 6.07) is 4.04. The molecule has 0 N–H and O–H groups in total. The second-order valence-corrected chi connectivity index (χ2v) is 7.39. The van der Waals surface area contributed by atoms with Crippen molar-refractivity contribution in [3.63, 3.8) is 0 Å². The van der Waals surface area contributed by atoms with Gasteiger partial charge in [-0.05, 0) is 50.5 Å². The predicted octanol–water partition coefficient (Wildman–Crippen LogP) is 2.01. The maximum Gasteiger partial charge on any atom is 0.339 e. The van der Waals surface area contributed by atoms with Crippen LogP contribution in [0.3, 0.4) is 0 Å². The molecule has 1 aromatic heterocycles. The monoisotopic (exact) mass is 356 g/mol. The van der Waals surface area contributed by atoms with Crippen LogP contribution in [-0.2, 0) is 4.79 Å².